The molecule has 0 heterocycles. The van der Waals surface area contributed by atoms with Gasteiger partial charge in [-0.3, -0.25) is 0 Å². The maximum Gasteiger partial charge on any atom is 0.337 e. The molecule has 0 saturated heterocycles. The summed E-state index contributed by atoms with van der Waals surface area (Å²) >= 11 is 0. The van der Waals surface area contributed by atoms with Crippen molar-refractivity contribution in [3.05, 3.63) is 29.6 Å². The van der Waals surface area contributed by atoms with Crippen molar-refractivity contribution >= 4 is 11.7 Å². The van der Waals surface area contributed by atoms with Crippen molar-refractivity contribution < 1.29 is 14.3 Å². The van der Waals surface area contributed by atoms with Crippen LogP contribution in [0, 0.1) is 17.7 Å². The Labute approximate surface area is 126 Å². The minimum atomic E-state index is -1.08. The van der Waals surface area contributed by atoms with E-state index in [1.54, 1.807) is 6.07 Å². The normalized spacial score (nSPS) is 11.2. The van der Waals surface area contributed by atoms with Crippen molar-refractivity contribution in [1.82, 2.24) is 0 Å². The molecular formula is C17H26FNO2. The lowest BCUT2D eigenvalue weighted by molar-refractivity contribution is 0.0697. The molecule has 21 heavy (non-hydrogen) atoms. The Hall–Kier alpha value is -1.58. The zero-order valence-corrected chi connectivity index (χ0v) is 13.4. The Kier molecular flexibility index (Phi) is 6.66. The maximum atomic E-state index is 13.3. The van der Waals surface area contributed by atoms with Gasteiger partial charge in [-0.15, -0.1) is 0 Å². The topological polar surface area (TPSA) is 40.5 Å². The van der Waals surface area contributed by atoms with Gasteiger partial charge in [-0.2, -0.15) is 0 Å². The SMILES string of the molecule is CC(C)CCN(CCC(C)C)c1ccc(F)cc1C(=O)O. The van der Waals surface area contributed by atoms with Gasteiger partial charge in [-0.25, -0.2) is 9.18 Å². The number of carbonyl (C=O) groups is 1. The number of hydrogen-bond acceptors (Lipinski definition) is 2. The zero-order chi connectivity index (χ0) is 16.0. The number of hydrogen-bond donors (Lipinski definition) is 1. The van der Waals surface area contributed by atoms with Gasteiger partial charge in [0, 0.05) is 13.1 Å². The van der Waals surface area contributed by atoms with Gasteiger partial charge in [0.05, 0.1) is 11.3 Å². The van der Waals surface area contributed by atoms with E-state index in [0.717, 1.165) is 32.0 Å². The molecule has 0 fully saturated rings. The molecule has 0 spiro atoms. The van der Waals surface area contributed by atoms with E-state index in [-0.39, 0.29) is 5.56 Å². The summed E-state index contributed by atoms with van der Waals surface area (Å²) < 4.78 is 13.3. The highest BCUT2D eigenvalue weighted by Crippen LogP contribution is 2.24. The molecule has 0 radical (unpaired) electrons. The van der Waals surface area contributed by atoms with Gasteiger partial charge in [0.25, 0.3) is 0 Å². The van der Waals surface area contributed by atoms with E-state index >= 15 is 0 Å². The molecule has 118 valence electrons. The third-order valence-corrected chi connectivity index (χ3v) is 3.48. The van der Waals surface area contributed by atoms with Gasteiger partial charge in [0.1, 0.15) is 5.82 Å². The largest absolute Gasteiger partial charge is 0.478 e. The average molecular weight is 295 g/mol. The summed E-state index contributed by atoms with van der Waals surface area (Å²) in [6, 6.07) is 4.02. The van der Waals surface area contributed by atoms with E-state index in [4.69, 9.17) is 0 Å². The van der Waals surface area contributed by atoms with Crippen LogP contribution in [0.2, 0.25) is 0 Å². The first kappa shape index (κ1) is 17.5. The van der Waals surface area contributed by atoms with E-state index in [2.05, 4.69) is 32.6 Å². The average Bonchev–Trinajstić information content (AvgIpc) is 2.38. The smallest absolute Gasteiger partial charge is 0.337 e. The van der Waals surface area contributed by atoms with E-state index in [1.165, 1.54) is 6.07 Å². The molecule has 0 aromatic heterocycles. The molecule has 0 unspecified atom stereocenters. The van der Waals surface area contributed by atoms with Gasteiger partial charge >= 0.3 is 5.97 Å². The molecule has 0 amide bonds. The van der Waals surface area contributed by atoms with Crippen molar-refractivity contribution in [3.63, 3.8) is 0 Å². The first-order valence-electron chi connectivity index (χ1n) is 7.59. The van der Waals surface area contributed by atoms with Gasteiger partial charge < -0.3 is 10.0 Å². The fourth-order valence-corrected chi connectivity index (χ4v) is 2.14. The molecule has 0 saturated carbocycles. The molecule has 0 aliphatic carbocycles. The Morgan fingerprint density at radius 2 is 1.67 bits per heavy atom. The van der Waals surface area contributed by atoms with Crippen LogP contribution < -0.4 is 4.90 Å². The molecule has 4 heteroatoms. The summed E-state index contributed by atoms with van der Waals surface area (Å²) in [5.41, 5.74) is 0.660. The number of carboxylic acid groups (broad SMARTS) is 1. The number of rotatable bonds is 8. The maximum absolute atomic E-state index is 13.3. The van der Waals surface area contributed by atoms with E-state index in [0.29, 0.717) is 17.5 Å². The Bertz CT molecular complexity index is 460. The highest BCUT2D eigenvalue weighted by atomic mass is 19.1. The first-order chi connectivity index (χ1) is 9.81. The third kappa shape index (κ3) is 5.74. The van der Waals surface area contributed by atoms with Crippen molar-refractivity contribution in [3.8, 4) is 0 Å². The second kappa shape index (κ2) is 8.01. The highest BCUT2D eigenvalue weighted by Gasteiger charge is 2.17. The predicted octanol–water partition coefficient (Wildman–Crippen LogP) is 4.42. The van der Waals surface area contributed by atoms with E-state index in [1.807, 2.05) is 0 Å². The summed E-state index contributed by atoms with van der Waals surface area (Å²) in [6.45, 7) is 10.1. The number of benzene rings is 1. The van der Waals surface area contributed by atoms with Crippen LogP contribution in [0.15, 0.2) is 18.2 Å². The second-order valence-electron chi connectivity index (χ2n) is 6.32. The lowest BCUT2D eigenvalue weighted by Gasteiger charge is -2.28. The zero-order valence-electron chi connectivity index (χ0n) is 13.4. The van der Waals surface area contributed by atoms with Gasteiger partial charge in [0.2, 0.25) is 0 Å². The molecule has 3 nitrogen and oxygen atoms in total. The molecular weight excluding hydrogens is 269 g/mol. The van der Waals surface area contributed by atoms with Crippen LogP contribution in [0.1, 0.15) is 50.9 Å². The van der Waals surface area contributed by atoms with Crippen LogP contribution in [-0.2, 0) is 0 Å². The fourth-order valence-electron chi connectivity index (χ4n) is 2.14. The Morgan fingerprint density at radius 3 is 2.10 bits per heavy atom. The number of halogens is 1. The number of aromatic carboxylic acids is 1. The van der Waals surface area contributed by atoms with Crippen molar-refractivity contribution in [2.75, 3.05) is 18.0 Å². The lowest BCUT2D eigenvalue weighted by Crippen LogP contribution is -2.29. The lowest BCUT2D eigenvalue weighted by atomic mass is 10.1. The van der Waals surface area contributed by atoms with Crippen LogP contribution in [0.4, 0.5) is 10.1 Å². The molecule has 1 N–H and O–H groups in total. The summed E-state index contributed by atoms with van der Waals surface area (Å²) in [6.07, 6.45) is 1.96. The molecule has 0 bridgehead atoms. The van der Waals surface area contributed by atoms with Gasteiger partial charge in [-0.1, -0.05) is 27.7 Å². The standard InChI is InChI=1S/C17H26FNO2/c1-12(2)7-9-19(10-8-13(3)4)16-6-5-14(18)11-15(16)17(20)21/h5-6,11-13H,7-10H2,1-4H3,(H,20,21). The molecule has 0 aliphatic rings. The monoisotopic (exact) mass is 295 g/mol. The fraction of sp³-hybridized carbons (Fsp3) is 0.588. The highest BCUT2D eigenvalue weighted by molar-refractivity contribution is 5.94. The molecule has 0 atom stereocenters. The minimum Gasteiger partial charge on any atom is -0.478 e. The molecule has 1 aromatic rings. The number of nitrogens with zero attached hydrogens (tertiary/aromatic N) is 1. The summed E-state index contributed by atoms with van der Waals surface area (Å²) in [4.78, 5) is 13.4. The van der Waals surface area contributed by atoms with Gasteiger partial charge in [-0.05, 0) is 42.9 Å². The van der Waals surface area contributed by atoms with Crippen LogP contribution in [0.3, 0.4) is 0 Å². The molecule has 1 aromatic carbocycles. The minimum absolute atomic E-state index is 0.0440. The Morgan fingerprint density at radius 1 is 1.14 bits per heavy atom. The summed E-state index contributed by atoms with van der Waals surface area (Å²) in [7, 11) is 0. The van der Waals surface area contributed by atoms with Crippen molar-refractivity contribution in [1.29, 1.82) is 0 Å². The Balaban J connectivity index is 3.02. The van der Waals surface area contributed by atoms with E-state index < -0.39 is 11.8 Å². The number of anilines is 1. The van der Waals surface area contributed by atoms with E-state index in [9.17, 15) is 14.3 Å². The number of carboxylic acids is 1. The predicted molar refractivity (Wildman–Crippen MR) is 84.5 cm³/mol. The summed E-state index contributed by atoms with van der Waals surface area (Å²) in [5, 5.41) is 9.30. The quantitative estimate of drug-likeness (QED) is 0.771. The molecule has 1 rings (SSSR count). The third-order valence-electron chi connectivity index (χ3n) is 3.48. The van der Waals surface area contributed by atoms with Crippen LogP contribution in [0.25, 0.3) is 0 Å². The van der Waals surface area contributed by atoms with Crippen LogP contribution in [0.5, 0.6) is 0 Å². The summed E-state index contributed by atoms with van der Waals surface area (Å²) in [5.74, 6) is -0.507. The van der Waals surface area contributed by atoms with Crippen molar-refractivity contribution in [2.24, 2.45) is 11.8 Å². The van der Waals surface area contributed by atoms with Crippen molar-refractivity contribution in [2.45, 2.75) is 40.5 Å². The van der Waals surface area contributed by atoms with Crippen LogP contribution in [-0.4, -0.2) is 24.2 Å². The van der Waals surface area contributed by atoms with Gasteiger partial charge in [0.15, 0.2) is 0 Å². The first-order valence-corrected chi connectivity index (χ1v) is 7.59. The molecule has 0 aliphatic heterocycles. The second-order valence-corrected chi connectivity index (χ2v) is 6.32. The van der Waals surface area contributed by atoms with Crippen LogP contribution >= 0.6 is 0 Å².